The molecule has 2 amide bonds. The summed E-state index contributed by atoms with van der Waals surface area (Å²) in [5, 5.41) is 5.01. The van der Waals surface area contributed by atoms with Crippen molar-refractivity contribution >= 4 is 29.4 Å². The normalized spacial score (nSPS) is 11.1. The van der Waals surface area contributed by atoms with Crippen LogP contribution in [-0.2, 0) is 19.1 Å². The van der Waals surface area contributed by atoms with Gasteiger partial charge in [-0.15, -0.1) is 0 Å². The molecular formula is C21H22N2O6. The summed E-state index contributed by atoms with van der Waals surface area (Å²) in [6, 6.07) is 13.8. The number of para-hydroxylation sites is 1. The number of carbonyl (C=O) groups excluding carboxylic acids is 4. The first-order valence-electron chi connectivity index (χ1n) is 9.01. The fourth-order valence-corrected chi connectivity index (χ4v) is 2.36. The standard InChI is InChI=1S/C21H22N2O6/c1-3-28-21(27)16-11-7-8-12-17(16)23-18(24)13-29-20(26)14(2)22-19(25)15-9-5-4-6-10-15/h4-12,14H,3,13H2,1-2H3,(H,22,25)(H,23,24)/t14-/m0/s1. The molecule has 0 radical (unpaired) electrons. The molecule has 0 aliphatic heterocycles. The average Bonchev–Trinajstić information content (AvgIpc) is 2.73. The van der Waals surface area contributed by atoms with Crippen LogP contribution in [0, 0.1) is 0 Å². The Morgan fingerprint density at radius 1 is 0.931 bits per heavy atom. The number of esters is 2. The molecule has 0 bridgehead atoms. The second-order valence-electron chi connectivity index (χ2n) is 5.98. The van der Waals surface area contributed by atoms with Gasteiger partial charge in [0.15, 0.2) is 6.61 Å². The smallest absolute Gasteiger partial charge is 0.340 e. The van der Waals surface area contributed by atoms with Gasteiger partial charge in [-0.2, -0.15) is 0 Å². The predicted octanol–water partition coefficient (Wildman–Crippen LogP) is 2.16. The summed E-state index contributed by atoms with van der Waals surface area (Å²) in [6.07, 6.45) is 0. The number of nitrogens with one attached hydrogen (secondary N) is 2. The van der Waals surface area contributed by atoms with Gasteiger partial charge in [0.05, 0.1) is 17.9 Å². The molecule has 0 heterocycles. The van der Waals surface area contributed by atoms with Gasteiger partial charge in [-0.3, -0.25) is 9.59 Å². The molecular weight excluding hydrogens is 376 g/mol. The number of hydrogen-bond donors (Lipinski definition) is 2. The minimum absolute atomic E-state index is 0.192. The van der Waals surface area contributed by atoms with Gasteiger partial charge in [-0.1, -0.05) is 30.3 Å². The lowest BCUT2D eigenvalue weighted by Gasteiger charge is -2.14. The predicted molar refractivity (Wildman–Crippen MR) is 105 cm³/mol. The lowest BCUT2D eigenvalue weighted by molar-refractivity contribution is -0.148. The van der Waals surface area contributed by atoms with Crippen LogP contribution in [0.2, 0.25) is 0 Å². The third kappa shape index (κ3) is 6.46. The SMILES string of the molecule is CCOC(=O)c1ccccc1NC(=O)COC(=O)[C@H](C)NC(=O)c1ccccc1. The molecule has 8 heteroatoms. The molecule has 2 aromatic rings. The summed E-state index contributed by atoms with van der Waals surface area (Å²) >= 11 is 0. The Bertz CT molecular complexity index is 882. The monoisotopic (exact) mass is 398 g/mol. The lowest BCUT2D eigenvalue weighted by Crippen LogP contribution is -2.40. The molecule has 2 aromatic carbocycles. The van der Waals surface area contributed by atoms with Gasteiger partial charge >= 0.3 is 11.9 Å². The van der Waals surface area contributed by atoms with E-state index in [0.717, 1.165) is 0 Å². The minimum atomic E-state index is -0.942. The first-order chi connectivity index (χ1) is 13.9. The van der Waals surface area contributed by atoms with Crippen molar-refractivity contribution in [2.24, 2.45) is 0 Å². The first-order valence-corrected chi connectivity index (χ1v) is 9.01. The number of carbonyl (C=O) groups is 4. The van der Waals surface area contributed by atoms with E-state index in [0.29, 0.717) is 5.56 Å². The van der Waals surface area contributed by atoms with Gasteiger partial charge in [0, 0.05) is 5.56 Å². The van der Waals surface area contributed by atoms with Gasteiger partial charge in [-0.25, -0.2) is 9.59 Å². The van der Waals surface area contributed by atoms with Crippen molar-refractivity contribution in [1.29, 1.82) is 0 Å². The third-order valence-electron chi connectivity index (χ3n) is 3.78. The number of rotatable bonds is 8. The molecule has 0 unspecified atom stereocenters. The summed E-state index contributed by atoms with van der Waals surface area (Å²) in [5.74, 6) is -2.39. The molecule has 1 atom stereocenters. The largest absolute Gasteiger partial charge is 0.462 e. The van der Waals surface area contributed by atoms with Crippen molar-refractivity contribution in [1.82, 2.24) is 5.32 Å². The second kappa shape index (κ2) is 10.6. The molecule has 29 heavy (non-hydrogen) atoms. The Labute approximate surface area is 168 Å². The van der Waals surface area contributed by atoms with E-state index in [2.05, 4.69) is 10.6 Å². The van der Waals surface area contributed by atoms with Gasteiger partial charge in [0.1, 0.15) is 6.04 Å². The molecule has 0 aliphatic rings. The van der Waals surface area contributed by atoms with Crippen LogP contribution in [0.4, 0.5) is 5.69 Å². The van der Waals surface area contributed by atoms with Crippen molar-refractivity contribution in [3.63, 3.8) is 0 Å². The quantitative estimate of drug-likeness (QED) is 0.660. The topological polar surface area (TPSA) is 111 Å². The van der Waals surface area contributed by atoms with E-state index in [1.165, 1.54) is 19.1 Å². The highest BCUT2D eigenvalue weighted by Crippen LogP contribution is 2.16. The van der Waals surface area contributed by atoms with Gasteiger partial charge in [0.2, 0.25) is 0 Å². The molecule has 0 fully saturated rings. The molecule has 0 aromatic heterocycles. The Morgan fingerprint density at radius 3 is 2.28 bits per heavy atom. The van der Waals surface area contributed by atoms with Gasteiger partial charge in [0.25, 0.3) is 11.8 Å². The molecule has 2 rings (SSSR count). The zero-order valence-corrected chi connectivity index (χ0v) is 16.1. The Morgan fingerprint density at radius 2 is 1.59 bits per heavy atom. The Kier molecular flexibility index (Phi) is 7.90. The molecule has 152 valence electrons. The zero-order chi connectivity index (χ0) is 21.2. The number of hydrogen-bond acceptors (Lipinski definition) is 6. The Balaban J connectivity index is 1.87. The molecule has 0 saturated heterocycles. The van der Waals surface area contributed by atoms with E-state index in [9.17, 15) is 19.2 Å². The van der Waals surface area contributed by atoms with Crippen molar-refractivity contribution < 1.29 is 28.7 Å². The summed E-state index contributed by atoms with van der Waals surface area (Å²) in [7, 11) is 0. The summed E-state index contributed by atoms with van der Waals surface area (Å²) in [6.45, 7) is 2.76. The Hall–Kier alpha value is -3.68. The average molecular weight is 398 g/mol. The van der Waals surface area contributed by atoms with Crippen LogP contribution in [0.15, 0.2) is 54.6 Å². The summed E-state index contributed by atoms with van der Waals surface area (Å²) in [4.78, 5) is 48.1. The van der Waals surface area contributed by atoms with Crippen molar-refractivity contribution in [2.75, 3.05) is 18.5 Å². The van der Waals surface area contributed by atoms with Crippen molar-refractivity contribution in [3.05, 3.63) is 65.7 Å². The number of amides is 2. The van der Waals surface area contributed by atoms with E-state index in [-0.39, 0.29) is 17.9 Å². The summed E-state index contributed by atoms with van der Waals surface area (Å²) in [5.41, 5.74) is 0.843. The maximum Gasteiger partial charge on any atom is 0.340 e. The molecule has 0 saturated carbocycles. The van der Waals surface area contributed by atoms with E-state index < -0.39 is 36.4 Å². The number of anilines is 1. The maximum atomic E-state index is 12.1. The van der Waals surface area contributed by atoms with Crippen LogP contribution in [0.5, 0.6) is 0 Å². The molecule has 2 N–H and O–H groups in total. The van der Waals surface area contributed by atoms with Gasteiger partial charge in [-0.05, 0) is 38.1 Å². The van der Waals surface area contributed by atoms with E-state index >= 15 is 0 Å². The fourth-order valence-electron chi connectivity index (χ4n) is 2.36. The van der Waals surface area contributed by atoms with E-state index in [1.54, 1.807) is 49.4 Å². The molecule has 0 spiro atoms. The third-order valence-corrected chi connectivity index (χ3v) is 3.78. The van der Waals surface area contributed by atoms with Crippen molar-refractivity contribution in [2.45, 2.75) is 19.9 Å². The number of ether oxygens (including phenoxy) is 2. The fraction of sp³-hybridized carbons (Fsp3) is 0.238. The minimum Gasteiger partial charge on any atom is -0.462 e. The van der Waals surface area contributed by atoms with Crippen LogP contribution in [-0.4, -0.2) is 43.0 Å². The lowest BCUT2D eigenvalue weighted by atomic mass is 10.2. The highest BCUT2D eigenvalue weighted by atomic mass is 16.5. The van der Waals surface area contributed by atoms with Crippen LogP contribution in [0.3, 0.4) is 0 Å². The molecule has 8 nitrogen and oxygen atoms in total. The van der Waals surface area contributed by atoms with Crippen molar-refractivity contribution in [3.8, 4) is 0 Å². The summed E-state index contributed by atoms with van der Waals surface area (Å²) < 4.78 is 9.88. The highest BCUT2D eigenvalue weighted by Gasteiger charge is 2.20. The van der Waals surface area contributed by atoms with E-state index in [4.69, 9.17) is 9.47 Å². The number of benzene rings is 2. The molecule has 0 aliphatic carbocycles. The maximum absolute atomic E-state index is 12.1. The van der Waals surface area contributed by atoms with Crippen LogP contribution < -0.4 is 10.6 Å². The van der Waals surface area contributed by atoms with Crippen LogP contribution in [0.1, 0.15) is 34.6 Å². The van der Waals surface area contributed by atoms with Crippen LogP contribution in [0.25, 0.3) is 0 Å². The highest BCUT2D eigenvalue weighted by molar-refractivity contribution is 6.02. The van der Waals surface area contributed by atoms with Gasteiger partial charge < -0.3 is 20.1 Å². The first kappa shape index (κ1) is 21.6. The second-order valence-corrected chi connectivity index (χ2v) is 5.98. The van der Waals surface area contributed by atoms with Crippen LogP contribution >= 0.6 is 0 Å². The zero-order valence-electron chi connectivity index (χ0n) is 16.1. The van der Waals surface area contributed by atoms with E-state index in [1.807, 2.05) is 0 Å².